The minimum Gasteiger partial charge on any atom is -0.508 e. The topological polar surface area (TPSA) is 49.3 Å². The summed E-state index contributed by atoms with van der Waals surface area (Å²) in [5, 5.41) is 12.4. The molecule has 2 N–H and O–H groups in total. The van der Waals surface area contributed by atoms with Gasteiger partial charge in [0.1, 0.15) is 5.75 Å². The Hall–Kier alpha value is -1.51. The van der Waals surface area contributed by atoms with E-state index in [-0.39, 0.29) is 11.7 Å². The van der Waals surface area contributed by atoms with E-state index in [0.717, 1.165) is 18.4 Å². The molecule has 0 saturated carbocycles. The Labute approximate surface area is 122 Å². The van der Waals surface area contributed by atoms with Gasteiger partial charge in [-0.15, -0.1) is 0 Å². The molecule has 0 aromatic heterocycles. The summed E-state index contributed by atoms with van der Waals surface area (Å²) < 4.78 is 0. The second kappa shape index (κ2) is 10.3. The van der Waals surface area contributed by atoms with Gasteiger partial charge in [-0.2, -0.15) is 0 Å². The maximum Gasteiger partial charge on any atom is 0.220 e. The van der Waals surface area contributed by atoms with Gasteiger partial charge in [-0.25, -0.2) is 0 Å². The molecule has 0 saturated heterocycles. The smallest absolute Gasteiger partial charge is 0.220 e. The van der Waals surface area contributed by atoms with Gasteiger partial charge in [-0.05, 0) is 12.5 Å². The van der Waals surface area contributed by atoms with Crippen molar-refractivity contribution in [1.82, 2.24) is 5.32 Å². The van der Waals surface area contributed by atoms with Crippen molar-refractivity contribution in [2.45, 2.75) is 64.8 Å². The Morgan fingerprint density at radius 3 is 2.40 bits per heavy atom. The Morgan fingerprint density at radius 1 is 1.05 bits per heavy atom. The van der Waals surface area contributed by atoms with Crippen LogP contribution >= 0.6 is 0 Å². The Bertz CT molecular complexity index is 390. The zero-order valence-corrected chi connectivity index (χ0v) is 12.5. The molecule has 1 rings (SSSR count). The van der Waals surface area contributed by atoms with E-state index in [9.17, 15) is 9.90 Å². The number of para-hydroxylation sites is 1. The van der Waals surface area contributed by atoms with Crippen LogP contribution in [0.25, 0.3) is 0 Å². The average Bonchev–Trinajstić information content (AvgIpc) is 2.45. The highest BCUT2D eigenvalue weighted by atomic mass is 16.3. The van der Waals surface area contributed by atoms with Gasteiger partial charge in [0.2, 0.25) is 5.91 Å². The molecular weight excluding hydrogens is 250 g/mol. The number of rotatable bonds is 10. The van der Waals surface area contributed by atoms with E-state index in [1.807, 2.05) is 12.1 Å². The first-order valence-electron chi connectivity index (χ1n) is 7.77. The lowest BCUT2D eigenvalue weighted by Gasteiger charge is -2.07. The summed E-state index contributed by atoms with van der Waals surface area (Å²) in [5.74, 6) is 0.311. The summed E-state index contributed by atoms with van der Waals surface area (Å²) in [4.78, 5) is 11.7. The fraction of sp³-hybridized carbons (Fsp3) is 0.588. The molecule has 1 amide bonds. The van der Waals surface area contributed by atoms with Crippen molar-refractivity contribution in [1.29, 1.82) is 0 Å². The highest BCUT2D eigenvalue weighted by Gasteiger charge is 2.03. The van der Waals surface area contributed by atoms with E-state index in [1.165, 1.54) is 32.1 Å². The van der Waals surface area contributed by atoms with Gasteiger partial charge in [-0.1, -0.05) is 63.6 Å². The number of phenolic OH excluding ortho intramolecular Hbond substituents is 1. The van der Waals surface area contributed by atoms with E-state index >= 15 is 0 Å². The molecule has 0 spiro atoms. The molecule has 112 valence electrons. The molecule has 0 aliphatic heterocycles. The van der Waals surface area contributed by atoms with Gasteiger partial charge < -0.3 is 10.4 Å². The van der Waals surface area contributed by atoms with Crippen molar-refractivity contribution >= 4 is 5.91 Å². The largest absolute Gasteiger partial charge is 0.508 e. The maximum absolute atomic E-state index is 11.7. The molecule has 20 heavy (non-hydrogen) atoms. The number of carbonyl (C=O) groups is 1. The first-order valence-corrected chi connectivity index (χ1v) is 7.77. The van der Waals surface area contributed by atoms with Crippen LogP contribution in [0.4, 0.5) is 0 Å². The molecule has 0 unspecified atom stereocenters. The third-order valence-electron chi connectivity index (χ3n) is 3.48. The van der Waals surface area contributed by atoms with Crippen molar-refractivity contribution in [2.24, 2.45) is 0 Å². The zero-order valence-electron chi connectivity index (χ0n) is 12.5. The molecule has 1 aromatic carbocycles. The van der Waals surface area contributed by atoms with Crippen LogP contribution in [0, 0.1) is 0 Å². The number of amides is 1. The monoisotopic (exact) mass is 277 g/mol. The lowest BCUT2D eigenvalue weighted by Crippen LogP contribution is -2.22. The minimum absolute atomic E-state index is 0.0711. The second-order valence-corrected chi connectivity index (χ2v) is 5.28. The van der Waals surface area contributed by atoms with Gasteiger partial charge in [0.25, 0.3) is 0 Å². The molecular formula is C17H27NO2. The Balaban J connectivity index is 2.05. The number of hydrogen-bond acceptors (Lipinski definition) is 2. The molecule has 0 fully saturated rings. The van der Waals surface area contributed by atoms with Gasteiger partial charge in [0.05, 0.1) is 0 Å². The van der Waals surface area contributed by atoms with Gasteiger partial charge in [-0.3, -0.25) is 4.79 Å². The molecule has 0 radical (unpaired) electrons. The SMILES string of the molecule is CCCCCCCCCC(=O)NCc1ccccc1O. The molecule has 3 heteroatoms. The standard InChI is InChI=1S/C17H27NO2/c1-2-3-4-5-6-7-8-13-17(20)18-14-15-11-9-10-12-16(15)19/h9-12,19H,2-8,13-14H2,1H3,(H,18,20). The fourth-order valence-corrected chi connectivity index (χ4v) is 2.19. The normalized spacial score (nSPS) is 10.4. The van der Waals surface area contributed by atoms with Gasteiger partial charge in [0, 0.05) is 18.5 Å². The summed E-state index contributed by atoms with van der Waals surface area (Å²) in [6.45, 7) is 2.62. The zero-order chi connectivity index (χ0) is 14.6. The molecule has 3 nitrogen and oxygen atoms in total. The maximum atomic E-state index is 11.7. The average molecular weight is 277 g/mol. The molecule has 0 bridgehead atoms. The van der Waals surface area contributed by atoms with Crippen molar-refractivity contribution in [3.05, 3.63) is 29.8 Å². The molecule has 1 aromatic rings. The van der Waals surface area contributed by atoms with Crippen molar-refractivity contribution in [2.75, 3.05) is 0 Å². The fourth-order valence-electron chi connectivity index (χ4n) is 2.19. The van der Waals surface area contributed by atoms with Crippen molar-refractivity contribution < 1.29 is 9.90 Å². The number of aromatic hydroxyl groups is 1. The van der Waals surface area contributed by atoms with Crippen LogP contribution in [-0.4, -0.2) is 11.0 Å². The van der Waals surface area contributed by atoms with E-state index in [2.05, 4.69) is 12.2 Å². The lowest BCUT2D eigenvalue weighted by molar-refractivity contribution is -0.121. The van der Waals surface area contributed by atoms with Crippen LogP contribution in [0.5, 0.6) is 5.75 Å². The predicted molar refractivity (Wildman–Crippen MR) is 82.6 cm³/mol. The van der Waals surface area contributed by atoms with Crippen LogP contribution in [0.15, 0.2) is 24.3 Å². The number of phenols is 1. The van der Waals surface area contributed by atoms with E-state index in [4.69, 9.17) is 0 Å². The molecule has 0 aliphatic rings. The van der Waals surface area contributed by atoms with Crippen molar-refractivity contribution in [3.63, 3.8) is 0 Å². The molecule has 0 atom stereocenters. The summed E-state index contributed by atoms with van der Waals surface area (Å²) in [7, 11) is 0. The summed E-state index contributed by atoms with van der Waals surface area (Å²) in [6, 6.07) is 7.10. The minimum atomic E-state index is 0.0711. The van der Waals surface area contributed by atoms with Crippen LogP contribution in [-0.2, 0) is 11.3 Å². The number of carbonyl (C=O) groups excluding carboxylic acids is 1. The van der Waals surface area contributed by atoms with E-state index in [0.29, 0.717) is 13.0 Å². The molecule has 0 aliphatic carbocycles. The van der Waals surface area contributed by atoms with Crippen LogP contribution in [0.1, 0.15) is 63.9 Å². The number of unbranched alkanes of at least 4 members (excludes halogenated alkanes) is 6. The summed E-state index contributed by atoms with van der Waals surface area (Å²) in [6.07, 6.45) is 9.10. The number of benzene rings is 1. The van der Waals surface area contributed by atoms with E-state index < -0.39 is 0 Å². The Morgan fingerprint density at radius 2 is 1.70 bits per heavy atom. The first-order chi connectivity index (χ1) is 9.74. The van der Waals surface area contributed by atoms with Crippen molar-refractivity contribution in [3.8, 4) is 5.75 Å². The van der Waals surface area contributed by atoms with Gasteiger partial charge in [0.15, 0.2) is 0 Å². The highest BCUT2D eigenvalue weighted by molar-refractivity contribution is 5.75. The third-order valence-corrected chi connectivity index (χ3v) is 3.48. The summed E-state index contributed by atoms with van der Waals surface area (Å²) >= 11 is 0. The third kappa shape index (κ3) is 7.17. The predicted octanol–water partition coefficient (Wildman–Crippen LogP) is 4.15. The molecule has 0 heterocycles. The quantitative estimate of drug-likeness (QED) is 0.631. The second-order valence-electron chi connectivity index (χ2n) is 5.28. The van der Waals surface area contributed by atoms with Crippen LogP contribution < -0.4 is 5.32 Å². The number of hydrogen-bond donors (Lipinski definition) is 2. The van der Waals surface area contributed by atoms with E-state index in [1.54, 1.807) is 12.1 Å². The number of nitrogens with one attached hydrogen (secondary N) is 1. The first kappa shape index (κ1) is 16.5. The van der Waals surface area contributed by atoms with Crippen LogP contribution in [0.3, 0.4) is 0 Å². The summed E-state index contributed by atoms with van der Waals surface area (Å²) in [5.41, 5.74) is 0.764. The Kier molecular flexibility index (Phi) is 8.52. The lowest BCUT2D eigenvalue weighted by atomic mass is 10.1. The highest BCUT2D eigenvalue weighted by Crippen LogP contribution is 2.15. The van der Waals surface area contributed by atoms with Crippen LogP contribution in [0.2, 0.25) is 0 Å². The van der Waals surface area contributed by atoms with Gasteiger partial charge >= 0.3 is 0 Å².